The Bertz CT molecular complexity index is 249. The fourth-order valence-corrected chi connectivity index (χ4v) is 1.81. The van der Waals surface area contributed by atoms with Crippen LogP contribution in [0.15, 0.2) is 4.99 Å². The maximum atomic E-state index is 5.71. The van der Waals surface area contributed by atoms with E-state index in [0.717, 1.165) is 39.1 Å². The van der Waals surface area contributed by atoms with Crippen molar-refractivity contribution in [3.05, 3.63) is 0 Å². The van der Waals surface area contributed by atoms with Gasteiger partial charge < -0.3 is 25.3 Å². The Morgan fingerprint density at radius 2 is 2.25 bits per heavy atom. The highest BCUT2D eigenvalue weighted by atomic mass is 127. The van der Waals surface area contributed by atoms with Gasteiger partial charge in [0.05, 0.1) is 19.3 Å². The smallest absolute Gasteiger partial charge is 0.188 e. The van der Waals surface area contributed by atoms with Crippen molar-refractivity contribution in [2.45, 2.75) is 32.3 Å². The minimum absolute atomic E-state index is 0. The molecule has 0 aromatic carbocycles. The first-order chi connectivity index (χ1) is 9.33. The van der Waals surface area contributed by atoms with Gasteiger partial charge in [0.1, 0.15) is 0 Å². The molecule has 3 N–H and O–H groups in total. The predicted octanol–water partition coefficient (Wildman–Crippen LogP) is 1.13. The van der Waals surface area contributed by atoms with E-state index in [1.165, 1.54) is 0 Å². The number of halogens is 1. The third-order valence-electron chi connectivity index (χ3n) is 2.81. The van der Waals surface area contributed by atoms with Gasteiger partial charge in [-0.3, -0.25) is 4.99 Å². The van der Waals surface area contributed by atoms with Crippen LogP contribution in [0.1, 0.15) is 26.2 Å². The van der Waals surface area contributed by atoms with E-state index in [1.54, 1.807) is 0 Å². The van der Waals surface area contributed by atoms with Gasteiger partial charge in [0, 0.05) is 32.9 Å². The molecule has 0 aromatic rings. The molecule has 120 valence electrons. The van der Waals surface area contributed by atoms with Crippen LogP contribution in [0.25, 0.3) is 0 Å². The second-order valence-electron chi connectivity index (χ2n) is 4.45. The summed E-state index contributed by atoms with van der Waals surface area (Å²) >= 11 is 0. The molecule has 0 aromatic heterocycles. The molecule has 1 aliphatic rings. The van der Waals surface area contributed by atoms with E-state index < -0.39 is 0 Å². The van der Waals surface area contributed by atoms with E-state index >= 15 is 0 Å². The molecule has 7 heteroatoms. The summed E-state index contributed by atoms with van der Waals surface area (Å²) in [6.45, 7) is 6.99. The maximum Gasteiger partial charge on any atom is 0.188 e. The monoisotopic (exact) mass is 401 g/mol. The van der Waals surface area contributed by atoms with Crippen LogP contribution in [0.2, 0.25) is 0 Å². The summed E-state index contributed by atoms with van der Waals surface area (Å²) in [6, 6.07) is 0. The molecule has 6 nitrogen and oxygen atoms in total. The molecule has 1 saturated heterocycles. The minimum Gasteiger partial charge on any atom is -0.382 e. The van der Waals surface area contributed by atoms with Crippen LogP contribution in [0.5, 0.6) is 0 Å². The molecule has 1 rings (SSSR count). The molecule has 0 aliphatic carbocycles. The number of nitrogens with one attached hydrogen (secondary N) is 1. The van der Waals surface area contributed by atoms with Gasteiger partial charge in [0.2, 0.25) is 0 Å². The zero-order chi connectivity index (χ0) is 13.8. The molecule has 20 heavy (non-hydrogen) atoms. The van der Waals surface area contributed by atoms with Gasteiger partial charge in [0.25, 0.3) is 0 Å². The lowest BCUT2D eigenvalue weighted by molar-refractivity contribution is 0.0191. The molecule has 0 saturated carbocycles. The molecule has 1 fully saturated rings. The molecular formula is C13H28IN3O3. The van der Waals surface area contributed by atoms with Crippen molar-refractivity contribution < 1.29 is 14.2 Å². The van der Waals surface area contributed by atoms with Crippen molar-refractivity contribution in [1.82, 2.24) is 5.32 Å². The van der Waals surface area contributed by atoms with Gasteiger partial charge >= 0.3 is 0 Å². The van der Waals surface area contributed by atoms with Crippen molar-refractivity contribution in [3.63, 3.8) is 0 Å². The van der Waals surface area contributed by atoms with Crippen LogP contribution in [-0.4, -0.2) is 58.2 Å². The fraction of sp³-hybridized carbons (Fsp3) is 0.923. The van der Waals surface area contributed by atoms with Crippen LogP contribution in [-0.2, 0) is 14.2 Å². The standard InChI is InChI=1S/C13H27N3O3.HI/c1-2-17-8-4-6-15-13(14)16-7-10-18-11-12-5-3-9-19-12;/h12H,2-11H2,1H3,(H3,14,15,16);1H. The number of nitrogens with zero attached hydrogens (tertiary/aromatic N) is 1. The number of rotatable bonds is 10. The summed E-state index contributed by atoms with van der Waals surface area (Å²) < 4.78 is 16.2. The van der Waals surface area contributed by atoms with Crippen molar-refractivity contribution >= 4 is 29.9 Å². The van der Waals surface area contributed by atoms with Crippen molar-refractivity contribution in [1.29, 1.82) is 0 Å². The third kappa shape index (κ3) is 10.6. The number of aliphatic imine (C=N–C) groups is 1. The second-order valence-corrected chi connectivity index (χ2v) is 4.45. The van der Waals surface area contributed by atoms with Gasteiger partial charge in [-0.25, -0.2) is 0 Å². The molecule has 0 radical (unpaired) electrons. The maximum absolute atomic E-state index is 5.71. The summed E-state index contributed by atoms with van der Waals surface area (Å²) in [6.07, 6.45) is 3.43. The molecule has 0 amide bonds. The number of nitrogens with two attached hydrogens (primary N) is 1. The first kappa shape index (κ1) is 19.9. The average Bonchev–Trinajstić information content (AvgIpc) is 2.91. The van der Waals surface area contributed by atoms with Crippen molar-refractivity contribution in [2.24, 2.45) is 10.7 Å². The molecule has 1 unspecified atom stereocenters. The number of ether oxygens (including phenoxy) is 3. The van der Waals surface area contributed by atoms with Crippen LogP contribution < -0.4 is 11.1 Å². The van der Waals surface area contributed by atoms with Crippen molar-refractivity contribution in [3.8, 4) is 0 Å². The normalized spacial score (nSPS) is 18.9. The van der Waals surface area contributed by atoms with E-state index in [2.05, 4.69) is 10.3 Å². The zero-order valence-corrected chi connectivity index (χ0v) is 14.6. The van der Waals surface area contributed by atoms with Crippen LogP contribution in [0.3, 0.4) is 0 Å². The number of hydrogen-bond donors (Lipinski definition) is 2. The SMILES string of the molecule is CCOCCCN=C(N)NCCOCC1CCCO1.I. The lowest BCUT2D eigenvalue weighted by atomic mass is 10.2. The topological polar surface area (TPSA) is 78.1 Å². The van der Waals surface area contributed by atoms with E-state index in [0.29, 0.717) is 32.3 Å². The summed E-state index contributed by atoms with van der Waals surface area (Å²) in [5.41, 5.74) is 5.71. The van der Waals surface area contributed by atoms with Crippen LogP contribution in [0, 0.1) is 0 Å². The molecule has 1 heterocycles. The first-order valence-electron chi connectivity index (χ1n) is 7.13. The lowest BCUT2D eigenvalue weighted by Gasteiger charge is -2.10. The minimum atomic E-state index is 0. The van der Waals surface area contributed by atoms with E-state index in [9.17, 15) is 0 Å². The zero-order valence-electron chi connectivity index (χ0n) is 12.3. The summed E-state index contributed by atoms with van der Waals surface area (Å²) in [4.78, 5) is 4.19. The lowest BCUT2D eigenvalue weighted by Crippen LogP contribution is -2.34. The molecule has 1 aliphatic heterocycles. The van der Waals surface area contributed by atoms with Gasteiger partial charge in [-0.15, -0.1) is 24.0 Å². The molecule has 1 atom stereocenters. The van der Waals surface area contributed by atoms with E-state index in [-0.39, 0.29) is 30.1 Å². The summed E-state index contributed by atoms with van der Waals surface area (Å²) in [5.74, 6) is 0.470. The summed E-state index contributed by atoms with van der Waals surface area (Å²) in [7, 11) is 0. The number of guanidine groups is 1. The highest BCUT2D eigenvalue weighted by Gasteiger charge is 2.14. The molecule has 0 spiro atoms. The Morgan fingerprint density at radius 1 is 1.40 bits per heavy atom. The second kappa shape index (κ2) is 13.8. The Kier molecular flexibility index (Phi) is 13.8. The van der Waals surface area contributed by atoms with Gasteiger partial charge in [-0.05, 0) is 26.2 Å². The Morgan fingerprint density at radius 3 is 2.95 bits per heavy atom. The highest BCUT2D eigenvalue weighted by Crippen LogP contribution is 2.11. The van der Waals surface area contributed by atoms with Crippen molar-refractivity contribution in [2.75, 3.05) is 46.1 Å². The first-order valence-corrected chi connectivity index (χ1v) is 7.13. The van der Waals surface area contributed by atoms with Gasteiger partial charge in [-0.1, -0.05) is 0 Å². The Labute approximate surface area is 138 Å². The largest absolute Gasteiger partial charge is 0.382 e. The van der Waals surface area contributed by atoms with Gasteiger partial charge in [-0.2, -0.15) is 0 Å². The Hall–Kier alpha value is -0.120. The van der Waals surface area contributed by atoms with E-state index in [1.807, 2.05) is 6.92 Å². The third-order valence-corrected chi connectivity index (χ3v) is 2.81. The van der Waals surface area contributed by atoms with Crippen LogP contribution in [0.4, 0.5) is 0 Å². The average molecular weight is 401 g/mol. The van der Waals surface area contributed by atoms with Crippen LogP contribution >= 0.6 is 24.0 Å². The van der Waals surface area contributed by atoms with Gasteiger partial charge in [0.15, 0.2) is 5.96 Å². The fourth-order valence-electron chi connectivity index (χ4n) is 1.81. The predicted molar refractivity (Wildman–Crippen MR) is 90.8 cm³/mol. The Balaban J connectivity index is 0.00000361. The molecular weight excluding hydrogens is 373 g/mol. The molecule has 0 bridgehead atoms. The summed E-state index contributed by atoms with van der Waals surface area (Å²) in [5, 5.41) is 3.02. The highest BCUT2D eigenvalue weighted by molar-refractivity contribution is 14.0. The number of hydrogen-bond acceptors (Lipinski definition) is 4. The quantitative estimate of drug-likeness (QED) is 0.248. The van der Waals surface area contributed by atoms with E-state index in [4.69, 9.17) is 19.9 Å².